The molecule has 1 aromatic heterocycles. The predicted octanol–water partition coefficient (Wildman–Crippen LogP) is 2.59. The van der Waals surface area contributed by atoms with Gasteiger partial charge < -0.3 is 14.9 Å². The zero-order chi connectivity index (χ0) is 20.3. The molecule has 1 aromatic carbocycles. The summed E-state index contributed by atoms with van der Waals surface area (Å²) in [5.41, 5.74) is 0.427. The number of pyridine rings is 1. The van der Waals surface area contributed by atoms with Gasteiger partial charge in [-0.1, -0.05) is 18.2 Å². The van der Waals surface area contributed by atoms with Gasteiger partial charge in [-0.05, 0) is 45.3 Å². The van der Waals surface area contributed by atoms with E-state index in [9.17, 15) is 19.1 Å². The molecule has 1 N–H and O–H groups in total. The van der Waals surface area contributed by atoms with Gasteiger partial charge in [0.2, 0.25) is 0 Å². The smallest absolute Gasteiger partial charge is 0.295 e. The van der Waals surface area contributed by atoms with E-state index in [1.807, 2.05) is 19.0 Å². The van der Waals surface area contributed by atoms with Gasteiger partial charge in [0.05, 0.1) is 11.6 Å². The number of carbonyl (C=O) groups is 2. The highest BCUT2D eigenvalue weighted by Crippen LogP contribution is 2.40. The van der Waals surface area contributed by atoms with Crippen molar-refractivity contribution in [3.8, 4) is 0 Å². The Kier molecular flexibility index (Phi) is 5.84. The quantitative estimate of drug-likeness (QED) is 0.472. The minimum atomic E-state index is -0.975. The zero-order valence-corrected chi connectivity index (χ0v) is 15.8. The maximum Gasteiger partial charge on any atom is 0.295 e. The number of hydrogen-bond donors (Lipinski definition) is 1. The van der Waals surface area contributed by atoms with E-state index in [0.717, 1.165) is 0 Å². The molecule has 28 heavy (non-hydrogen) atoms. The first-order valence-electron chi connectivity index (χ1n) is 8.99. The number of benzene rings is 1. The van der Waals surface area contributed by atoms with E-state index >= 15 is 0 Å². The molecule has 146 valence electrons. The third-order valence-electron chi connectivity index (χ3n) is 4.70. The number of aliphatic hydroxyl groups excluding tert-OH is 1. The van der Waals surface area contributed by atoms with Crippen molar-refractivity contribution >= 4 is 17.4 Å². The minimum absolute atomic E-state index is 0.105. The number of nitrogens with zero attached hydrogens (tertiary/aromatic N) is 3. The zero-order valence-electron chi connectivity index (χ0n) is 15.8. The van der Waals surface area contributed by atoms with E-state index in [1.54, 1.807) is 12.1 Å². The molecule has 0 spiro atoms. The van der Waals surface area contributed by atoms with Crippen molar-refractivity contribution in [2.45, 2.75) is 12.5 Å². The highest BCUT2D eigenvalue weighted by atomic mass is 19.1. The van der Waals surface area contributed by atoms with Crippen LogP contribution in [0.25, 0.3) is 5.76 Å². The average molecular weight is 383 g/mol. The third-order valence-corrected chi connectivity index (χ3v) is 4.70. The first kappa shape index (κ1) is 19.7. The van der Waals surface area contributed by atoms with Crippen LogP contribution in [0.4, 0.5) is 4.39 Å². The van der Waals surface area contributed by atoms with Crippen LogP contribution in [0.15, 0.2) is 54.4 Å². The summed E-state index contributed by atoms with van der Waals surface area (Å²) >= 11 is 0. The van der Waals surface area contributed by atoms with Gasteiger partial charge in [-0.25, -0.2) is 4.39 Å². The Morgan fingerprint density at radius 1 is 1.18 bits per heavy atom. The Morgan fingerprint density at radius 3 is 2.50 bits per heavy atom. The number of likely N-dealkylation sites (tertiary alicyclic amines) is 1. The molecule has 0 saturated carbocycles. The second-order valence-electron chi connectivity index (χ2n) is 6.91. The Balaban J connectivity index is 2.10. The number of aromatic nitrogens is 1. The van der Waals surface area contributed by atoms with Crippen molar-refractivity contribution < 1.29 is 19.1 Å². The molecular formula is C21H22FN3O3. The van der Waals surface area contributed by atoms with Gasteiger partial charge in [-0.2, -0.15) is 0 Å². The summed E-state index contributed by atoms with van der Waals surface area (Å²) in [6.45, 7) is 0.978. The largest absolute Gasteiger partial charge is 0.507 e. The predicted molar refractivity (Wildman–Crippen MR) is 103 cm³/mol. The SMILES string of the molecule is CN(C)CCCN1C(=O)C(=O)/C(=C(/O)c2ccncc2)[C@H]1c1ccccc1F. The second kappa shape index (κ2) is 8.31. The summed E-state index contributed by atoms with van der Waals surface area (Å²) in [6.07, 6.45) is 3.56. The molecule has 1 atom stereocenters. The summed E-state index contributed by atoms with van der Waals surface area (Å²) in [4.78, 5) is 32.7. The van der Waals surface area contributed by atoms with Crippen LogP contribution in [0.5, 0.6) is 0 Å². The molecule has 1 aliphatic heterocycles. The fourth-order valence-corrected chi connectivity index (χ4v) is 3.35. The normalized spacial score (nSPS) is 18.9. The lowest BCUT2D eigenvalue weighted by atomic mass is 9.95. The molecule has 1 aliphatic rings. The van der Waals surface area contributed by atoms with Gasteiger partial charge >= 0.3 is 0 Å². The van der Waals surface area contributed by atoms with Gasteiger partial charge in [-0.3, -0.25) is 14.6 Å². The lowest BCUT2D eigenvalue weighted by molar-refractivity contribution is -0.140. The summed E-state index contributed by atoms with van der Waals surface area (Å²) in [5, 5.41) is 10.8. The number of carbonyl (C=O) groups excluding carboxylic acids is 2. The molecular weight excluding hydrogens is 361 g/mol. The second-order valence-corrected chi connectivity index (χ2v) is 6.91. The average Bonchev–Trinajstić information content (AvgIpc) is 2.93. The van der Waals surface area contributed by atoms with Crippen molar-refractivity contribution in [3.05, 3.63) is 71.3 Å². The van der Waals surface area contributed by atoms with Crippen LogP contribution in [0, 0.1) is 5.82 Å². The monoisotopic (exact) mass is 383 g/mol. The molecule has 1 amide bonds. The number of rotatable bonds is 6. The summed E-state index contributed by atoms with van der Waals surface area (Å²) in [5.74, 6) is -2.41. The first-order valence-corrected chi connectivity index (χ1v) is 8.99. The van der Waals surface area contributed by atoms with Gasteiger partial charge in [0.1, 0.15) is 11.6 Å². The van der Waals surface area contributed by atoms with Crippen LogP contribution in [0.3, 0.4) is 0 Å². The molecule has 2 aromatic rings. The number of hydrogen-bond acceptors (Lipinski definition) is 5. The highest BCUT2D eigenvalue weighted by Gasteiger charge is 2.46. The maximum absolute atomic E-state index is 14.6. The number of amides is 1. The molecule has 1 saturated heterocycles. The summed E-state index contributed by atoms with van der Waals surface area (Å²) in [6, 6.07) is 8.09. The Labute approximate surface area is 162 Å². The summed E-state index contributed by atoms with van der Waals surface area (Å²) in [7, 11) is 3.82. The maximum atomic E-state index is 14.6. The van der Waals surface area contributed by atoms with Crippen LogP contribution in [0.1, 0.15) is 23.6 Å². The fourth-order valence-electron chi connectivity index (χ4n) is 3.35. The molecule has 0 radical (unpaired) electrons. The lowest BCUT2D eigenvalue weighted by Gasteiger charge is -2.26. The van der Waals surface area contributed by atoms with E-state index in [-0.39, 0.29) is 23.4 Å². The van der Waals surface area contributed by atoms with Crippen molar-refractivity contribution in [1.29, 1.82) is 0 Å². The number of Topliss-reactive ketones (excluding diaryl/α,β-unsaturated/α-hetero) is 1. The van der Waals surface area contributed by atoms with Crippen molar-refractivity contribution in [2.24, 2.45) is 0 Å². The van der Waals surface area contributed by atoms with Crippen molar-refractivity contribution in [3.63, 3.8) is 0 Å². The topological polar surface area (TPSA) is 73.7 Å². The van der Waals surface area contributed by atoms with Crippen molar-refractivity contribution in [1.82, 2.24) is 14.8 Å². The van der Waals surface area contributed by atoms with E-state index in [1.165, 1.54) is 41.6 Å². The van der Waals surface area contributed by atoms with Crippen LogP contribution >= 0.6 is 0 Å². The molecule has 6 nitrogen and oxygen atoms in total. The van der Waals surface area contributed by atoms with Crippen LogP contribution < -0.4 is 0 Å². The summed E-state index contributed by atoms with van der Waals surface area (Å²) < 4.78 is 14.6. The van der Waals surface area contributed by atoms with Crippen molar-refractivity contribution in [2.75, 3.05) is 27.2 Å². The molecule has 1 fully saturated rings. The van der Waals surface area contributed by atoms with Gasteiger partial charge in [-0.15, -0.1) is 0 Å². The third kappa shape index (κ3) is 3.80. The van der Waals surface area contributed by atoms with Gasteiger partial charge in [0.25, 0.3) is 11.7 Å². The van der Waals surface area contributed by atoms with E-state index in [0.29, 0.717) is 18.5 Å². The van der Waals surface area contributed by atoms with Gasteiger partial charge in [0, 0.05) is 30.1 Å². The molecule has 7 heteroatoms. The molecule has 2 heterocycles. The van der Waals surface area contributed by atoms with Gasteiger partial charge in [0.15, 0.2) is 0 Å². The van der Waals surface area contributed by atoms with Crippen LogP contribution in [0.2, 0.25) is 0 Å². The Hall–Kier alpha value is -3.06. The molecule has 0 bridgehead atoms. The Bertz CT molecular complexity index is 912. The molecule has 0 aliphatic carbocycles. The first-order chi connectivity index (χ1) is 13.4. The molecule has 0 unspecified atom stereocenters. The standard InChI is InChI=1S/C21H22FN3O3/c1-24(2)12-5-13-25-18(15-6-3-4-7-16(15)22)17(20(27)21(25)28)19(26)14-8-10-23-11-9-14/h3-4,6-11,18,26H,5,12-13H2,1-2H3/b19-17+/t18-/m1/s1. The lowest BCUT2D eigenvalue weighted by Crippen LogP contribution is -2.32. The van der Waals surface area contributed by atoms with Crippen LogP contribution in [-0.2, 0) is 9.59 Å². The molecule has 3 rings (SSSR count). The van der Waals surface area contributed by atoms with E-state index in [2.05, 4.69) is 4.98 Å². The Morgan fingerprint density at radius 2 is 1.86 bits per heavy atom. The van der Waals surface area contributed by atoms with E-state index < -0.39 is 23.5 Å². The van der Waals surface area contributed by atoms with E-state index in [4.69, 9.17) is 0 Å². The number of aliphatic hydroxyl groups is 1. The number of ketones is 1. The minimum Gasteiger partial charge on any atom is -0.507 e. The highest BCUT2D eigenvalue weighted by molar-refractivity contribution is 6.46. The van der Waals surface area contributed by atoms with Crippen LogP contribution in [-0.4, -0.2) is 58.8 Å². The fraction of sp³-hybridized carbons (Fsp3) is 0.286. The number of halogens is 1.